The number of halogens is 1. The molecule has 3 heteroatoms. The molecule has 1 aromatic rings. The summed E-state index contributed by atoms with van der Waals surface area (Å²) < 4.78 is 6.43. The molecule has 0 spiro atoms. The van der Waals surface area contributed by atoms with Crippen molar-refractivity contribution in [3.63, 3.8) is 0 Å². The molecular formula is C11H13IO2. The fourth-order valence-electron chi connectivity index (χ4n) is 1.07. The maximum absolute atomic E-state index is 11.2. The molecule has 2 nitrogen and oxygen atoms in total. The minimum Gasteiger partial charge on any atom is -0.485 e. The van der Waals surface area contributed by atoms with Crippen molar-refractivity contribution in [3.05, 3.63) is 27.8 Å². The lowest BCUT2D eigenvalue weighted by Gasteiger charge is -2.06. The fourth-order valence-corrected chi connectivity index (χ4v) is 1.61. The fraction of sp³-hybridized carbons (Fsp3) is 0.364. The third-order valence-corrected chi connectivity index (χ3v) is 2.65. The molecule has 0 fully saturated rings. The van der Waals surface area contributed by atoms with Crippen LogP contribution in [0.4, 0.5) is 0 Å². The van der Waals surface area contributed by atoms with Gasteiger partial charge in [-0.25, -0.2) is 0 Å². The lowest BCUT2D eigenvalue weighted by molar-refractivity contribution is -0.121. The Morgan fingerprint density at radius 1 is 1.43 bits per heavy atom. The van der Waals surface area contributed by atoms with Gasteiger partial charge < -0.3 is 4.74 Å². The Morgan fingerprint density at radius 2 is 2.14 bits per heavy atom. The molecule has 0 saturated carbocycles. The van der Waals surface area contributed by atoms with E-state index in [-0.39, 0.29) is 12.4 Å². The predicted octanol–water partition coefficient (Wildman–Crippen LogP) is 3.04. The van der Waals surface area contributed by atoms with Gasteiger partial charge in [-0.3, -0.25) is 4.79 Å². The van der Waals surface area contributed by atoms with E-state index in [1.54, 1.807) is 0 Å². The molecule has 14 heavy (non-hydrogen) atoms. The number of rotatable bonds is 5. The molecule has 0 aliphatic rings. The van der Waals surface area contributed by atoms with Crippen LogP contribution >= 0.6 is 22.6 Å². The van der Waals surface area contributed by atoms with Crippen LogP contribution in [0.3, 0.4) is 0 Å². The first-order chi connectivity index (χ1) is 6.74. The summed E-state index contributed by atoms with van der Waals surface area (Å²) in [5.41, 5.74) is 0. The second kappa shape index (κ2) is 6.01. The maximum atomic E-state index is 11.2. The average Bonchev–Trinajstić information content (AvgIpc) is 2.17. The first-order valence-corrected chi connectivity index (χ1v) is 5.71. The summed E-state index contributed by atoms with van der Waals surface area (Å²) >= 11 is 2.19. The van der Waals surface area contributed by atoms with Crippen molar-refractivity contribution >= 4 is 28.4 Å². The predicted molar refractivity (Wildman–Crippen MR) is 64.6 cm³/mol. The van der Waals surface area contributed by atoms with Crippen molar-refractivity contribution in [3.8, 4) is 5.75 Å². The number of para-hydroxylation sites is 1. The Morgan fingerprint density at radius 3 is 2.79 bits per heavy atom. The average molecular weight is 304 g/mol. The molecule has 0 saturated heterocycles. The molecule has 1 aromatic carbocycles. The topological polar surface area (TPSA) is 26.3 Å². The van der Waals surface area contributed by atoms with Gasteiger partial charge in [0.1, 0.15) is 12.4 Å². The van der Waals surface area contributed by atoms with E-state index in [0.717, 1.165) is 15.7 Å². The number of hydrogen-bond acceptors (Lipinski definition) is 2. The molecular weight excluding hydrogens is 291 g/mol. The van der Waals surface area contributed by atoms with Crippen molar-refractivity contribution in [2.45, 2.75) is 19.8 Å². The number of carbonyl (C=O) groups is 1. The summed E-state index contributed by atoms with van der Waals surface area (Å²) in [5, 5.41) is 0. The highest BCUT2D eigenvalue weighted by atomic mass is 127. The van der Waals surface area contributed by atoms with Crippen molar-refractivity contribution in [1.29, 1.82) is 0 Å². The van der Waals surface area contributed by atoms with Crippen LogP contribution in [0.1, 0.15) is 19.8 Å². The monoisotopic (exact) mass is 304 g/mol. The van der Waals surface area contributed by atoms with E-state index >= 15 is 0 Å². The smallest absolute Gasteiger partial charge is 0.170 e. The maximum Gasteiger partial charge on any atom is 0.170 e. The van der Waals surface area contributed by atoms with Crippen molar-refractivity contribution in [1.82, 2.24) is 0 Å². The molecule has 0 unspecified atom stereocenters. The highest BCUT2D eigenvalue weighted by molar-refractivity contribution is 14.1. The summed E-state index contributed by atoms with van der Waals surface area (Å²) in [6.45, 7) is 2.18. The number of carbonyl (C=O) groups excluding carboxylic acids is 1. The van der Waals surface area contributed by atoms with Gasteiger partial charge >= 0.3 is 0 Å². The zero-order chi connectivity index (χ0) is 10.4. The van der Waals surface area contributed by atoms with Crippen LogP contribution in [0.5, 0.6) is 5.75 Å². The van der Waals surface area contributed by atoms with Gasteiger partial charge in [0.25, 0.3) is 0 Å². The van der Waals surface area contributed by atoms with Gasteiger partial charge in [-0.05, 0) is 41.1 Å². The molecule has 0 aliphatic heterocycles. The minimum atomic E-state index is 0.159. The third kappa shape index (κ3) is 3.65. The number of hydrogen-bond donors (Lipinski definition) is 0. The van der Waals surface area contributed by atoms with E-state index < -0.39 is 0 Å². The highest BCUT2D eigenvalue weighted by Crippen LogP contribution is 2.19. The molecule has 0 heterocycles. The lowest BCUT2D eigenvalue weighted by atomic mass is 10.2. The van der Waals surface area contributed by atoms with Crippen LogP contribution in [0.15, 0.2) is 24.3 Å². The Hall–Kier alpha value is -0.580. The number of ether oxygens (including phenoxy) is 1. The van der Waals surface area contributed by atoms with Crippen molar-refractivity contribution < 1.29 is 9.53 Å². The molecule has 0 amide bonds. The van der Waals surface area contributed by atoms with Crippen LogP contribution in [0.25, 0.3) is 0 Å². The Labute approximate surface area is 97.8 Å². The van der Waals surface area contributed by atoms with Crippen LogP contribution in [0.2, 0.25) is 0 Å². The lowest BCUT2D eigenvalue weighted by Crippen LogP contribution is -2.10. The van der Waals surface area contributed by atoms with Gasteiger partial charge in [0.2, 0.25) is 0 Å². The van der Waals surface area contributed by atoms with E-state index in [9.17, 15) is 4.79 Å². The highest BCUT2D eigenvalue weighted by Gasteiger charge is 2.03. The SMILES string of the molecule is CCCC(=O)COc1ccccc1I. The second-order valence-electron chi connectivity index (χ2n) is 3.01. The summed E-state index contributed by atoms with van der Waals surface area (Å²) in [4.78, 5) is 11.2. The van der Waals surface area contributed by atoms with Gasteiger partial charge in [0.15, 0.2) is 5.78 Å². The van der Waals surface area contributed by atoms with Gasteiger partial charge in [0, 0.05) is 6.42 Å². The van der Waals surface area contributed by atoms with Crippen LogP contribution in [-0.2, 0) is 4.79 Å². The minimum absolute atomic E-state index is 0.159. The third-order valence-electron chi connectivity index (χ3n) is 1.75. The second-order valence-corrected chi connectivity index (χ2v) is 4.17. The molecule has 0 bridgehead atoms. The summed E-state index contributed by atoms with van der Waals surface area (Å²) in [6, 6.07) is 7.69. The number of benzene rings is 1. The standard InChI is InChI=1S/C11H13IO2/c1-2-5-9(13)8-14-11-7-4-3-6-10(11)12/h3-4,6-7H,2,5,8H2,1H3. The van der Waals surface area contributed by atoms with Crippen LogP contribution < -0.4 is 4.74 Å². The van der Waals surface area contributed by atoms with Gasteiger partial charge in [-0.2, -0.15) is 0 Å². The van der Waals surface area contributed by atoms with Gasteiger partial charge in [-0.1, -0.05) is 19.1 Å². The molecule has 0 aliphatic carbocycles. The molecule has 0 radical (unpaired) electrons. The van der Waals surface area contributed by atoms with E-state index in [1.807, 2.05) is 31.2 Å². The van der Waals surface area contributed by atoms with E-state index in [4.69, 9.17) is 4.74 Å². The Balaban J connectivity index is 2.46. The van der Waals surface area contributed by atoms with Crippen LogP contribution in [0, 0.1) is 3.57 Å². The summed E-state index contributed by atoms with van der Waals surface area (Å²) in [5.74, 6) is 0.949. The van der Waals surface area contributed by atoms with E-state index in [0.29, 0.717) is 6.42 Å². The summed E-state index contributed by atoms with van der Waals surface area (Å²) in [6.07, 6.45) is 1.48. The largest absolute Gasteiger partial charge is 0.485 e. The first kappa shape index (κ1) is 11.5. The Bertz CT molecular complexity index is 310. The molecule has 0 N–H and O–H groups in total. The number of ketones is 1. The normalized spacial score (nSPS) is 9.86. The number of Topliss-reactive ketones (excluding diaryl/α,β-unsaturated/α-hetero) is 1. The quantitative estimate of drug-likeness (QED) is 0.782. The first-order valence-electron chi connectivity index (χ1n) is 4.63. The zero-order valence-corrected chi connectivity index (χ0v) is 10.3. The summed E-state index contributed by atoms with van der Waals surface area (Å²) in [7, 11) is 0. The molecule has 0 aromatic heterocycles. The Kier molecular flexibility index (Phi) is 4.93. The van der Waals surface area contributed by atoms with E-state index in [1.165, 1.54) is 0 Å². The molecule has 0 atom stereocenters. The molecule has 76 valence electrons. The van der Waals surface area contributed by atoms with Crippen molar-refractivity contribution in [2.75, 3.05) is 6.61 Å². The van der Waals surface area contributed by atoms with E-state index in [2.05, 4.69) is 22.6 Å². The van der Waals surface area contributed by atoms with Crippen LogP contribution in [-0.4, -0.2) is 12.4 Å². The van der Waals surface area contributed by atoms with Gasteiger partial charge in [-0.15, -0.1) is 0 Å². The van der Waals surface area contributed by atoms with Gasteiger partial charge in [0.05, 0.1) is 3.57 Å². The molecule has 1 rings (SSSR count). The van der Waals surface area contributed by atoms with Crippen molar-refractivity contribution in [2.24, 2.45) is 0 Å². The zero-order valence-electron chi connectivity index (χ0n) is 8.13.